The topological polar surface area (TPSA) is 38.5 Å². The number of hydrogen-bond donors (Lipinski definition) is 1. The molecule has 1 unspecified atom stereocenters. The maximum atomic E-state index is 5.79. The Morgan fingerprint density at radius 2 is 2.00 bits per heavy atom. The van der Waals surface area contributed by atoms with Gasteiger partial charge in [-0.15, -0.1) is 0 Å². The third kappa shape index (κ3) is 4.13. The number of nitrogens with two attached hydrogens (primary N) is 1. The fraction of sp³-hybridized carbons (Fsp3) is 0.625. The quantitative estimate of drug-likeness (QED) is 0.821. The highest BCUT2D eigenvalue weighted by atomic mass is 16.5. The summed E-state index contributed by atoms with van der Waals surface area (Å²) < 4.78 is 5.43. The number of nitrogens with zero attached hydrogens (tertiary/aromatic N) is 1. The molecule has 0 aliphatic carbocycles. The summed E-state index contributed by atoms with van der Waals surface area (Å²) in [6.45, 7) is 8.32. The Morgan fingerprint density at radius 3 is 2.47 bits per heavy atom. The lowest BCUT2D eigenvalue weighted by molar-refractivity contribution is 0.407. The van der Waals surface area contributed by atoms with Gasteiger partial charge in [0.15, 0.2) is 0 Å². The third-order valence-electron chi connectivity index (χ3n) is 3.72. The van der Waals surface area contributed by atoms with Crippen LogP contribution in [0.2, 0.25) is 0 Å². The zero-order chi connectivity index (χ0) is 14.4. The molecule has 0 aliphatic rings. The molecule has 3 heteroatoms. The van der Waals surface area contributed by atoms with Gasteiger partial charge in [0.1, 0.15) is 5.75 Å². The molecule has 0 amide bonds. The Bertz CT molecular complexity index is 386. The fourth-order valence-corrected chi connectivity index (χ4v) is 2.27. The Morgan fingerprint density at radius 1 is 1.32 bits per heavy atom. The number of methoxy groups -OCH3 is 1. The van der Waals surface area contributed by atoms with Gasteiger partial charge in [0.2, 0.25) is 0 Å². The summed E-state index contributed by atoms with van der Waals surface area (Å²) in [7, 11) is 3.86. The molecule has 0 spiro atoms. The first-order chi connectivity index (χ1) is 9.03. The van der Waals surface area contributed by atoms with E-state index in [0.29, 0.717) is 11.8 Å². The second-order valence-corrected chi connectivity index (χ2v) is 5.47. The van der Waals surface area contributed by atoms with Crippen LogP contribution in [0.3, 0.4) is 0 Å². The van der Waals surface area contributed by atoms with E-state index < -0.39 is 0 Å². The average molecular weight is 264 g/mol. The molecule has 0 saturated heterocycles. The maximum absolute atomic E-state index is 5.79. The van der Waals surface area contributed by atoms with Crippen molar-refractivity contribution in [2.24, 2.45) is 11.7 Å². The summed E-state index contributed by atoms with van der Waals surface area (Å²) in [5.41, 5.74) is 8.28. The lowest BCUT2D eigenvalue weighted by Crippen LogP contribution is -2.29. The van der Waals surface area contributed by atoms with Crippen LogP contribution < -0.4 is 15.4 Å². The van der Waals surface area contributed by atoms with E-state index in [1.165, 1.54) is 11.3 Å². The summed E-state index contributed by atoms with van der Waals surface area (Å²) in [4.78, 5) is 2.28. The molecule has 1 rings (SSSR count). The van der Waals surface area contributed by atoms with Crippen LogP contribution in [0.4, 0.5) is 5.69 Å². The van der Waals surface area contributed by atoms with Crippen LogP contribution in [0.1, 0.15) is 38.7 Å². The van der Waals surface area contributed by atoms with Gasteiger partial charge in [0.25, 0.3) is 0 Å². The first-order valence-electron chi connectivity index (χ1n) is 7.12. The van der Waals surface area contributed by atoms with E-state index in [1.54, 1.807) is 7.11 Å². The SMILES string of the molecule is CCC(CN)CN(C)c1ccc(OC)c(C(C)C)c1. The van der Waals surface area contributed by atoms with Crippen LogP contribution in [0.25, 0.3) is 0 Å². The summed E-state index contributed by atoms with van der Waals surface area (Å²) in [5, 5.41) is 0. The normalized spacial score (nSPS) is 12.6. The zero-order valence-corrected chi connectivity index (χ0v) is 12.9. The zero-order valence-electron chi connectivity index (χ0n) is 12.9. The smallest absolute Gasteiger partial charge is 0.122 e. The molecule has 3 nitrogen and oxygen atoms in total. The van der Waals surface area contributed by atoms with Crippen molar-refractivity contribution in [1.82, 2.24) is 0 Å². The standard InChI is InChI=1S/C16H28N2O/c1-6-13(10-17)11-18(4)14-7-8-16(19-5)15(9-14)12(2)3/h7-9,12-13H,6,10-11,17H2,1-5H3. The molecule has 1 aromatic rings. The van der Waals surface area contributed by atoms with Crippen LogP contribution in [-0.4, -0.2) is 27.2 Å². The Kier molecular flexibility index (Phi) is 6.16. The third-order valence-corrected chi connectivity index (χ3v) is 3.72. The van der Waals surface area contributed by atoms with E-state index in [4.69, 9.17) is 10.5 Å². The lowest BCUT2D eigenvalue weighted by Gasteiger charge is -2.25. The van der Waals surface area contributed by atoms with E-state index in [1.807, 2.05) is 0 Å². The highest BCUT2D eigenvalue weighted by Gasteiger charge is 2.12. The summed E-state index contributed by atoms with van der Waals surface area (Å²) >= 11 is 0. The summed E-state index contributed by atoms with van der Waals surface area (Å²) in [6.07, 6.45) is 1.12. The van der Waals surface area contributed by atoms with Gasteiger partial charge in [0, 0.05) is 19.3 Å². The van der Waals surface area contributed by atoms with E-state index in [-0.39, 0.29) is 0 Å². The van der Waals surface area contributed by atoms with Crippen molar-refractivity contribution in [2.75, 3.05) is 32.1 Å². The Hall–Kier alpha value is -1.22. The van der Waals surface area contributed by atoms with Crippen LogP contribution in [0.15, 0.2) is 18.2 Å². The van der Waals surface area contributed by atoms with Crippen molar-refractivity contribution in [3.63, 3.8) is 0 Å². The average Bonchev–Trinajstić information content (AvgIpc) is 2.43. The largest absolute Gasteiger partial charge is 0.496 e. The minimum atomic E-state index is 0.458. The van der Waals surface area contributed by atoms with Crippen molar-refractivity contribution in [3.05, 3.63) is 23.8 Å². The molecule has 0 aromatic heterocycles. The van der Waals surface area contributed by atoms with Gasteiger partial charge in [-0.2, -0.15) is 0 Å². The number of hydrogen-bond acceptors (Lipinski definition) is 3. The van der Waals surface area contributed by atoms with Crippen molar-refractivity contribution < 1.29 is 4.74 Å². The van der Waals surface area contributed by atoms with Gasteiger partial charge in [-0.1, -0.05) is 27.2 Å². The van der Waals surface area contributed by atoms with Crippen LogP contribution in [0.5, 0.6) is 5.75 Å². The molecule has 0 heterocycles. The highest BCUT2D eigenvalue weighted by Crippen LogP contribution is 2.30. The van der Waals surface area contributed by atoms with Gasteiger partial charge in [-0.05, 0) is 42.1 Å². The molecule has 0 radical (unpaired) electrons. The van der Waals surface area contributed by atoms with Crippen molar-refractivity contribution >= 4 is 5.69 Å². The monoisotopic (exact) mass is 264 g/mol. The van der Waals surface area contributed by atoms with Crippen LogP contribution >= 0.6 is 0 Å². The first-order valence-corrected chi connectivity index (χ1v) is 7.12. The van der Waals surface area contributed by atoms with Gasteiger partial charge >= 0.3 is 0 Å². The minimum Gasteiger partial charge on any atom is -0.496 e. The summed E-state index contributed by atoms with van der Waals surface area (Å²) in [5.74, 6) is 1.98. The fourth-order valence-electron chi connectivity index (χ4n) is 2.27. The molecule has 2 N–H and O–H groups in total. The van der Waals surface area contributed by atoms with E-state index in [2.05, 4.69) is 50.9 Å². The van der Waals surface area contributed by atoms with Gasteiger partial charge in [-0.25, -0.2) is 0 Å². The molecule has 1 aromatic carbocycles. The molecule has 108 valence electrons. The molecule has 19 heavy (non-hydrogen) atoms. The molecule has 0 bridgehead atoms. The van der Waals surface area contributed by atoms with Crippen molar-refractivity contribution in [2.45, 2.75) is 33.1 Å². The van der Waals surface area contributed by atoms with E-state index in [0.717, 1.165) is 25.3 Å². The van der Waals surface area contributed by atoms with Gasteiger partial charge in [0.05, 0.1) is 7.11 Å². The minimum absolute atomic E-state index is 0.458. The number of benzene rings is 1. The second-order valence-electron chi connectivity index (χ2n) is 5.47. The molecular formula is C16H28N2O. The Balaban J connectivity index is 2.91. The highest BCUT2D eigenvalue weighted by molar-refractivity contribution is 5.53. The van der Waals surface area contributed by atoms with Crippen molar-refractivity contribution in [3.8, 4) is 5.75 Å². The lowest BCUT2D eigenvalue weighted by atomic mass is 10.0. The molecule has 0 aliphatic heterocycles. The first kappa shape index (κ1) is 15.8. The van der Waals surface area contributed by atoms with Gasteiger partial charge in [-0.3, -0.25) is 0 Å². The second kappa shape index (κ2) is 7.39. The van der Waals surface area contributed by atoms with Crippen LogP contribution in [0, 0.1) is 5.92 Å². The Labute approximate surface area is 117 Å². The maximum Gasteiger partial charge on any atom is 0.122 e. The predicted molar refractivity (Wildman–Crippen MR) is 83.2 cm³/mol. The number of ether oxygens (including phenoxy) is 1. The van der Waals surface area contributed by atoms with Gasteiger partial charge < -0.3 is 15.4 Å². The number of rotatable bonds is 7. The van der Waals surface area contributed by atoms with Crippen molar-refractivity contribution in [1.29, 1.82) is 0 Å². The summed E-state index contributed by atoms with van der Waals surface area (Å²) in [6, 6.07) is 6.41. The molecule has 0 saturated carbocycles. The molecule has 0 fully saturated rings. The number of anilines is 1. The molecular weight excluding hydrogens is 236 g/mol. The van der Waals surface area contributed by atoms with E-state index >= 15 is 0 Å². The van der Waals surface area contributed by atoms with Crippen LogP contribution in [-0.2, 0) is 0 Å². The van der Waals surface area contributed by atoms with E-state index in [9.17, 15) is 0 Å². The predicted octanol–water partition coefficient (Wildman–Crippen LogP) is 3.24. The molecule has 1 atom stereocenters.